The number of anilines is 2. The van der Waals surface area contributed by atoms with E-state index in [9.17, 15) is 35.9 Å². The molecule has 2 aromatic rings. The Morgan fingerprint density at radius 2 is 1.58 bits per heavy atom. The summed E-state index contributed by atoms with van der Waals surface area (Å²) in [5.41, 5.74) is 5.24. The number of rotatable bonds is 12. The topological polar surface area (TPSA) is 116 Å². The average molecular weight is 644 g/mol. The number of nitrogens with zero attached hydrogens (tertiary/aromatic N) is 4. The summed E-state index contributed by atoms with van der Waals surface area (Å²) in [6, 6.07) is 5.43. The van der Waals surface area contributed by atoms with E-state index in [0.717, 1.165) is 37.8 Å². The molecule has 248 valence electrons. The first-order valence-corrected chi connectivity index (χ1v) is 15.2. The minimum atomic E-state index is -4.79. The summed E-state index contributed by atoms with van der Waals surface area (Å²) in [6.07, 6.45) is -4.46. The zero-order chi connectivity index (χ0) is 32.6. The van der Waals surface area contributed by atoms with Gasteiger partial charge in [-0.25, -0.2) is 9.97 Å². The highest BCUT2D eigenvalue weighted by Crippen LogP contribution is 2.34. The van der Waals surface area contributed by atoms with Crippen molar-refractivity contribution in [2.75, 3.05) is 49.1 Å². The van der Waals surface area contributed by atoms with Gasteiger partial charge in [-0.1, -0.05) is 12.1 Å². The van der Waals surface area contributed by atoms with Crippen LogP contribution in [0.2, 0.25) is 0 Å². The van der Waals surface area contributed by atoms with Crippen molar-refractivity contribution in [2.24, 2.45) is 11.7 Å². The summed E-state index contributed by atoms with van der Waals surface area (Å²) in [5, 5.41) is 5.51. The van der Waals surface area contributed by atoms with E-state index in [1.54, 1.807) is 9.80 Å². The molecule has 0 radical (unpaired) electrons. The highest BCUT2D eigenvalue weighted by atomic mass is 19.4. The van der Waals surface area contributed by atoms with E-state index in [1.807, 2.05) is 0 Å². The van der Waals surface area contributed by atoms with E-state index in [1.165, 1.54) is 18.2 Å². The number of nitrogens with two attached hydrogens (primary N) is 1. The van der Waals surface area contributed by atoms with Gasteiger partial charge in [0.1, 0.15) is 17.7 Å². The molecule has 0 spiro atoms. The van der Waals surface area contributed by atoms with Gasteiger partial charge in [-0.15, -0.1) is 0 Å². The maximum atomic E-state index is 13.9. The standard InChI is InChI=1S/C30H39F6N7O2/c31-29(32,33)22-8-6-21(7-9-22)10-14-39-27(45)23-4-2-16-43(23)25-19-24(40-28(41-25)30(34,35)36)42-17-11-20(12-18-42)3-1-5-26(44)38-15-13-37/h6-9,19-20,23H,1-5,10-18,37H2,(H,38,44)(H,39,45). The van der Waals surface area contributed by atoms with Crippen LogP contribution in [-0.2, 0) is 28.4 Å². The number of hydrogen-bond acceptors (Lipinski definition) is 7. The molecule has 1 unspecified atom stereocenters. The van der Waals surface area contributed by atoms with E-state index in [-0.39, 0.29) is 30.0 Å². The molecule has 2 fully saturated rings. The molecule has 0 bridgehead atoms. The predicted molar refractivity (Wildman–Crippen MR) is 156 cm³/mol. The van der Waals surface area contributed by atoms with Gasteiger partial charge in [0.05, 0.1) is 5.56 Å². The molecule has 2 aliphatic rings. The Morgan fingerprint density at radius 3 is 2.22 bits per heavy atom. The Hall–Kier alpha value is -3.62. The van der Waals surface area contributed by atoms with Gasteiger partial charge in [-0.05, 0) is 68.6 Å². The van der Waals surface area contributed by atoms with Crippen molar-refractivity contribution in [3.63, 3.8) is 0 Å². The summed E-state index contributed by atoms with van der Waals surface area (Å²) in [5.74, 6) is -1.17. The molecule has 0 aliphatic carbocycles. The van der Waals surface area contributed by atoms with Crippen molar-refractivity contribution in [3.05, 3.63) is 47.3 Å². The highest BCUT2D eigenvalue weighted by molar-refractivity contribution is 5.85. The third kappa shape index (κ3) is 9.68. The Kier molecular flexibility index (Phi) is 11.5. The van der Waals surface area contributed by atoms with Crippen molar-refractivity contribution in [3.8, 4) is 0 Å². The highest BCUT2D eigenvalue weighted by Gasteiger charge is 2.39. The largest absolute Gasteiger partial charge is 0.451 e. The van der Waals surface area contributed by atoms with E-state index in [0.29, 0.717) is 69.9 Å². The molecule has 2 saturated heterocycles. The van der Waals surface area contributed by atoms with Crippen LogP contribution in [0.3, 0.4) is 0 Å². The Balaban J connectivity index is 1.36. The Labute approximate surface area is 257 Å². The Bertz CT molecular complexity index is 1280. The Morgan fingerprint density at radius 1 is 0.889 bits per heavy atom. The van der Waals surface area contributed by atoms with Crippen molar-refractivity contribution >= 4 is 23.5 Å². The number of nitrogens with one attached hydrogen (secondary N) is 2. The SMILES string of the molecule is NCCNC(=O)CCCC1CCN(c2cc(N3CCCC3C(=O)NCCc3ccc(C(F)(F)F)cc3)nc(C(F)(F)F)n2)CC1. The van der Waals surface area contributed by atoms with Crippen LogP contribution in [0.15, 0.2) is 30.3 Å². The smallest absolute Gasteiger partial charge is 0.356 e. The maximum Gasteiger partial charge on any atom is 0.451 e. The van der Waals surface area contributed by atoms with E-state index in [2.05, 4.69) is 20.6 Å². The van der Waals surface area contributed by atoms with Gasteiger partial charge in [0.15, 0.2) is 0 Å². The normalized spacial score (nSPS) is 17.9. The molecule has 9 nitrogen and oxygen atoms in total. The van der Waals surface area contributed by atoms with Crippen LogP contribution in [0.4, 0.5) is 38.0 Å². The molecule has 2 aliphatic heterocycles. The number of alkyl halides is 6. The zero-order valence-electron chi connectivity index (χ0n) is 24.9. The quantitative estimate of drug-likeness (QED) is 0.296. The lowest BCUT2D eigenvalue weighted by Gasteiger charge is -2.34. The fourth-order valence-electron chi connectivity index (χ4n) is 5.78. The predicted octanol–water partition coefficient (Wildman–Crippen LogP) is 4.30. The van der Waals surface area contributed by atoms with Gasteiger partial charge in [-0.3, -0.25) is 9.59 Å². The molecule has 45 heavy (non-hydrogen) atoms. The lowest BCUT2D eigenvalue weighted by atomic mass is 9.91. The third-order valence-corrected chi connectivity index (χ3v) is 8.22. The molecule has 3 heterocycles. The molecule has 2 amide bonds. The molecule has 1 aromatic heterocycles. The molecular weight excluding hydrogens is 604 g/mol. The minimum Gasteiger partial charge on any atom is -0.356 e. The number of hydrogen-bond donors (Lipinski definition) is 3. The number of amides is 2. The van der Waals surface area contributed by atoms with Gasteiger partial charge in [-0.2, -0.15) is 26.3 Å². The second-order valence-corrected chi connectivity index (χ2v) is 11.5. The summed E-state index contributed by atoms with van der Waals surface area (Å²) < 4.78 is 80.0. The number of benzene rings is 1. The molecule has 1 aromatic carbocycles. The summed E-state index contributed by atoms with van der Waals surface area (Å²) in [7, 11) is 0. The first-order valence-electron chi connectivity index (χ1n) is 15.2. The van der Waals surface area contributed by atoms with Crippen LogP contribution in [0.1, 0.15) is 61.9 Å². The van der Waals surface area contributed by atoms with E-state index >= 15 is 0 Å². The third-order valence-electron chi connectivity index (χ3n) is 8.22. The minimum absolute atomic E-state index is 0.0262. The van der Waals surface area contributed by atoms with E-state index < -0.39 is 29.8 Å². The summed E-state index contributed by atoms with van der Waals surface area (Å²) in [4.78, 5) is 35.9. The molecule has 4 rings (SSSR count). The fraction of sp³-hybridized carbons (Fsp3) is 0.600. The number of carbonyl (C=O) groups is 2. The number of piperidine rings is 1. The molecular formula is C30H39F6N7O2. The second kappa shape index (κ2) is 15.1. The number of carbonyl (C=O) groups excluding carboxylic acids is 2. The lowest BCUT2D eigenvalue weighted by Crippen LogP contribution is -2.44. The van der Waals surface area contributed by atoms with Crippen molar-refractivity contribution in [1.29, 1.82) is 0 Å². The van der Waals surface area contributed by atoms with Crippen LogP contribution in [-0.4, -0.2) is 67.1 Å². The van der Waals surface area contributed by atoms with Crippen LogP contribution < -0.4 is 26.2 Å². The van der Waals surface area contributed by atoms with Gasteiger partial charge < -0.3 is 26.2 Å². The fourth-order valence-corrected chi connectivity index (χ4v) is 5.78. The average Bonchev–Trinajstić information content (AvgIpc) is 3.50. The summed E-state index contributed by atoms with van der Waals surface area (Å²) >= 11 is 0. The van der Waals surface area contributed by atoms with Crippen LogP contribution in [0, 0.1) is 5.92 Å². The maximum absolute atomic E-state index is 13.9. The number of aromatic nitrogens is 2. The van der Waals surface area contributed by atoms with Crippen LogP contribution in [0.25, 0.3) is 0 Å². The van der Waals surface area contributed by atoms with Crippen molar-refractivity contribution in [2.45, 2.75) is 69.8 Å². The number of halogens is 6. The molecule has 4 N–H and O–H groups in total. The molecule has 15 heteroatoms. The van der Waals surface area contributed by atoms with Crippen molar-refractivity contribution < 1.29 is 35.9 Å². The second-order valence-electron chi connectivity index (χ2n) is 11.5. The lowest BCUT2D eigenvalue weighted by molar-refractivity contribution is -0.144. The van der Waals surface area contributed by atoms with Crippen LogP contribution in [0.5, 0.6) is 0 Å². The molecule has 0 saturated carbocycles. The van der Waals surface area contributed by atoms with Gasteiger partial charge in [0, 0.05) is 51.8 Å². The summed E-state index contributed by atoms with van der Waals surface area (Å²) in [6.45, 7) is 2.33. The van der Waals surface area contributed by atoms with Gasteiger partial charge in [0.25, 0.3) is 0 Å². The van der Waals surface area contributed by atoms with Gasteiger partial charge >= 0.3 is 12.4 Å². The first kappa shape index (κ1) is 34.3. The first-order chi connectivity index (χ1) is 21.3. The monoisotopic (exact) mass is 643 g/mol. The zero-order valence-corrected chi connectivity index (χ0v) is 24.9. The van der Waals surface area contributed by atoms with Crippen LogP contribution >= 0.6 is 0 Å². The van der Waals surface area contributed by atoms with Gasteiger partial charge in [0.2, 0.25) is 17.6 Å². The molecule has 1 atom stereocenters. The van der Waals surface area contributed by atoms with E-state index in [4.69, 9.17) is 5.73 Å². The van der Waals surface area contributed by atoms with Crippen molar-refractivity contribution in [1.82, 2.24) is 20.6 Å².